The van der Waals surface area contributed by atoms with Crippen LogP contribution in [0.25, 0.3) is 0 Å². The smallest absolute Gasteiger partial charge is 0.0553 e. The van der Waals surface area contributed by atoms with Gasteiger partial charge in [-0.2, -0.15) is 0 Å². The Morgan fingerprint density at radius 3 is 2.67 bits per heavy atom. The van der Waals surface area contributed by atoms with Gasteiger partial charge in [0, 0.05) is 24.1 Å². The summed E-state index contributed by atoms with van der Waals surface area (Å²) in [5.74, 6) is 0. The molecule has 1 aromatic heterocycles. The fraction of sp³-hybridized carbons (Fsp3) is 0.375. The second kappa shape index (κ2) is 5.76. The predicted octanol–water partition coefficient (Wildman–Crippen LogP) is 4.13. The van der Waals surface area contributed by atoms with Crippen LogP contribution in [0.1, 0.15) is 30.2 Å². The van der Waals surface area contributed by atoms with Crippen LogP contribution in [0.15, 0.2) is 36.5 Å². The maximum Gasteiger partial charge on any atom is 0.0553 e. The van der Waals surface area contributed by atoms with Gasteiger partial charge in [0.2, 0.25) is 0 Å². The SMILES string of the molecule is CCCn1cccc1CNc1ccc(C)c(C)c1. The number of rotatable bonds is 5. The molecular formula is C16H22N2. The van der Waals surface area contributed by atoms with Crippen molar-refractivity contribution in [3.8, 4) is 0 Å². The van der Waals surface area contributed by atoms with Crippen LogP contribution >= 0.6 is 0 Å². The van der Waals surface area contributed by atoms with E-state index in [0.717, 1.165) is 13.1 Å². The number of benzene rings is 1. The number of hydrogen-bond donors (Lipinski definition) is 1. The maximum atomic E-state index is 3.49. The number of nitrogens with one attached hydrogen (secondary N) is 1. The van der Waals surface area contributed by atoms with Gasteiger partial charge in [-0.25, -0.2) is 0 Å². The molecule has 1 heterocycles. The normalized spacial score (nSPS) is 10.6. The van der Waals surface area contributed by atoms with Crippen LogP contribution < -0.4 is 5.32 Å². The summed E-state index contributed by atoms with van der Waals surface area (Å²) in [4.78, 5) is 0. The molecule has 0 saturated heterocycles. The van der Waals surface area contributed by atoms with E-state index in [0.29, 0.717) is 0 Å². The molecule has 0 fully saturated rings. The van der Waals surface area contributed by atoms with Gasteiger partial charge in [0.25, 0.3) is 0 Å². The molecule has 0 aliphatic heterocycles. The zero-order chi connectivity index (χ0) is 13.0. The van der Waals surface area contributed by atoms with Crippen LogP contribution in [-0.2, 0) is 13.1 Å². The van der Waals surface area contributed by atoms with Gasteiger partial charge in [-0.3, -0.25) is 0 Å². The minimum Gasteiger partial charge on any atom is -0.379 e. The first kappa shape index (κ1) is 12.7. The molecule has 18 heavy (non-hydrogen) atoms. The number of aromatic nitrogens is 1. The van der Waals surface area contributed by atoms with E-state index >= 15 is 0 Å². The topological polar surface area (TPSA) is 17.0 Å². The third-order valence-electron chi connectivity index (χ3n) is 3.37. The summed E-state index contributed by atoms with van der Waals surface area (Å²) in [5.41, 5.74) is 5.22. The van der Waals surface area contributed by atoms with Crippen molar-refractivity contribution in [2.75, 3.05) is 5.32 Å². The molecule has 2 rings (SSSR count). The molecule has 2 aromatic rings. The van der Waals surface area contributed by atoms with Gasteiger partial charge in [-0.05, 0) is 55.7 Å². The lowest BCUT2D eigenvalue weighted by Gasteiger charge is -2.11. The van der Waals surface area contributed by atoms with Crippen LogP contribution in [0.3, 0.4) is 0 Å². The van der Waals surface area contributed by atoms with Crippen LogP contribution in [0.4, 0.5) is 5.69 Å². The molecule has 0 saturated carbocycles. The van der Waals surface area contributed by atoms with Gasteiger partial charge < -0.3 is 9.88 Å². The minimum absolute atomic E-state index is 0.884. The van der Waals surface area contributed by atoms with E-state index in [-0.39, 0.29) is 0 Å². The minimum atomic E-state index is 0.884. The van der Waals surface area contributed by atoms with Gasteiger partial charge >= 0.3 is 0 Å². The Hall–Kier alpha value is -1.70. The summed E-state index contributed by atoms with van der Waals surface area (Å²) in [7, 11) is 0. The van der Waals surface area contributed by atoms with E-state index < -0.39 is 0 Å². The van der Waals surface area contributed by atoms with Crippen molar-refractivity contribution in [1.82, 2.24) is 4.57 Å². The van der Waals surface area contributed by atoms with Crippen molar-refractivity contribution in [2.24, 2.45) is 0 Å². The summed E-state index contributed by atoms with van der Waals surface area (Å²) in [5, 5.41) is 3.49. The Balaban J connectivity index is 2.02. The van der Waals surface area contributed by atoms with Crippen molar-refractivity contribution in [1.29, 1.82) is 0 Å². The Morgan fingerprint density at radius 1 is 1.11 bits per heavy atom. The lowest BCUT2D eigenvalue weighted by atomic mass is 10.1. The molecule has 2 heteroatoms. The number of anilines is 1. The maximum absolute atomic E-state index is 3.49. The summed E-state index contributed by atoms with van der Waals surface area (Å²) in [6.45, 7) is 8.48. The highest BCUT2D eigenvalue weighted by atomic mass is 15.0. The van der Waals surface area contributed by atoms with Crippen molar-refractivity contribution in [2.45, 2.75) is 40.3 Å². The van der Waals surface area contributed by atoms with Gasteiger partial charge in [0.1, 0.15) is 0 Å². The van der Waals surface area contributed by atoms with Gasteiger partial charge in [-0.1, -0.05) is 13.0 Å². The van der Waals surface area contributed by atoms with Crippen molar-refractivity contribution in [3.63, 3.8) is 0 Å². The molecular weight excluding hydrogens is 220 g/mol. The lowest BCUT2D eigenvalue weighted by Crippen LogP contribution is -2.07. The highest BCUT2D eigenvalue weighted by Crippen LogP contribution is 2.15. The molecule has 0 amide bonds. The van der Waals surface area contributed by atoms with Crippen LogP contribution in [0.2, 0.25) is 0 Å². The molecule has 0 unspecified atom stereocenters. The van der Waals surface area contributed by atoms with E-state index in [9.17, 15) is 0 Å². The van der Waals surface area contributed by atoms with E-state index in [1.807, 2.05) is 0 Å². The molecule has 1 N–H and O–H groups in total. The Bertz CT molecular complexity index is 512. The number of aryl methyl sites for hydroxylation is 3. The zero-order valence-electron chi connectivity index (χ0n) is 11.5. The molecule has 96 valence electrons. The fourth-order valence-corrected chi connectivity index (χ4v) is 2.11. The fourth-order valence-electron chi connectivity index (χ4n) is 2.11. The van der Waals surface area contributed by atoms with Crippen molar-refractivity contribution >= 4 is 5.69 Å². The average molecular weight is 242 g/mol. The predicted molar refractivity (Wildman–Crippen MR) is 78.0 cm³/mol. The average Bonchev–Trinajstić information content (AvgIpc) is 2.79. The third kappa shape index (κ3) is 2.95. The van der Waals surface area contributed by atoms with E-state index in [2.05, 4.69) is 67.2 Å². The Kier molecular flexibility index (Phi) is 4.08. The molecule has 0 radical (unpaired) electrons. The molecule has 0 atom stereocenters. The summed E-state index contributed by atoms with van der Waals surface area (Å²) in [6.07, 6.45) is 3.33. The van der Waals surface area contributed by atoms with E-state index in [1.54, 1.807) is 0 Å². The molecule has 2 nitrogen and oxygen atoms in total. The summed E-state index contributed by atoms with van der Waals surface area (Å²) in [6, 6.07) is 10.8. The first-order valence-corrected chi connectivity index (χ1v) is 6.66. The molecule has 0 aliphatic carbocycles. The van der Waals surface area contributed by atoms with Crippen LogP contribution in [-0.4, -0.2) is 4.57 Å². The third-order valence-corrected chi connectivity index (χ3v) is 3.37. The molecule has 0 bridgehead atoms. The highest BCUT2D eigenvalue weighted by molar-refractivity contribution is 5.48. The van der Waals surface area contributed by atoms with Crippen LogP contribution in [0, 0.1) is 13.8 Å². The van der Waals surface area contributed by atoms with E-state index in [4.69, 9.17) is 0 Å². The largest absolute Gasteiger partial charge is 0.379 e. The summed E-state index contributed by atoms with van der Waals surface area (Å²) < 4.78 is 2.31. The zero-order valence-corrected chi connectivity index (χ0v) is 11.5. The standard InChI is InChI=1S/C16H22N2/c1-4-9-18-10-5-6-16(18)12-17-15-8-7-13(2)14(3)11-15/h5-8,10-11,17H,4,9,12H2,1-3H3. The highest BCUT2D eigenvalue weighted by Gasteiger charge is 2.00. The second-order valence-corrected chi connectivity index (χ2v) is 4.85. The first-order valence-electron chi connectivity index (χ1n) is 6.66. The van der Waals surface area contributed by atoms with Crippen molar-refractivity contribution in [3.05, 3.63) is 53.3 Å². The Labute approximate surface area is 110 Å². The monoisotopic (exact) mass is 242 g/mol. The van der Waals surface area contributed by atoms with E-state index in [1.165, 1.54) is 28.9 Å². The molecule has 1 aromatic carbocycles. The quantitative estimate of drug-likeness (QED) is 0.834. The lowest BCUT2D eigenvalue weighted by molar-refractivity contribution is 0.654. The molecule has 0 spiro atoms. The van der Waals surface area contributed by atoms with Crippen molar-refractivity contribution < 1.29 is 0 Å². The Morgan fingerprint density at radius 2 is 1.94 bits per heavy atom. The molecule has 0 aliphatic rings. The summed E-state index contributed by atoms with van der Waals surface area (Å²) >= 11 is 0. The second-order valence-electron chi connectivity index (χ2n) is 4.85. The number of hydrogen-bond acceptors (Lipinski definition) is 1. The first-order chi connectivity index (χ1) is 8.70. The van der Waals surface area contributed by atoms with Gasteiger partial charge in [-0.15, -0.1) is 0 Å². The number of nitrogens with zero attached hydrogens (tertiary/aromatic N) is 1. The van der Waals surface area contributed by atoms with Gasteiger partial charge in [0.05, 0.1) is 6.54 Å². The van der Waals surface area contributed by atoms with Crippen LogP contribution in [0.5, 0.6) is 0 Å². The van der Waals surface area contributed by atoms with Gasteiger partial charge in [0.15, 0.2) is 0 Å².